The van der Waals surface area contributed by atoms with Crippen molar-refractivity contribution in [3.8, 4) is 11.5 Å². The van der Waals surface area contributed by atoms with E-state index in [0.29, 0.717) is 18.6 Å². The van der Waals surface area contributed by atoms with Crippen LogP contribution in [-0.4, -0.2) is 49.7 Å². The van der Waals surface area contributed by atoms with Gasteiger partial charge < -0.3 is 14.8 Å². The van der Waals surface area contributed by atoms with Gasteiger partial charge in [-0.3, -0.25) is 9.69 Å². The zero-order valence-corrected chi connectivity index (χ0v) is 15.9. The maximum Gasteiger partial charge on any atom is 0.416 e. The molecule has 29 heavy (non-hydrogen) atoms. The van der Waals surface area contributed by atoms with Gasteiger partial charge in [-0.25, -0.2) is 0 Å². The lowest BCUT2D eigenvalue weighted by Gasteiger charge is -2.30. The lowest BCUT2D eigenvalue weighted by molar-refractivity contribution is -0.138. The van der Waals surface area contributed by atoms with Gasteiger partial charge in [-0.15, -0.1) is 0 Å². The van der Waals surface area contributed by atoms with Gasteiger partial charge in [-0.2, -0.15) is 22.0 Å². The number of likely N-dealkylation sites (tertiary alicyclic amines) is 1. The van der Waals surface area contributed by atoms with E-state index in [-0.39, 0.29) is 12.1 Å². The Kier molecular flexibility index (Phi) is 6.50. The Hall–Kier alpha value is -2.10. The molecular formula is C19H23F5N2O3. The minimum Gasteiger partial charge on any atom is -0.496 e. The highest BCUT2D eigenvalue weighted by Crippen LogP contribution is 2.39. The molecule has 1 amide bonds. The number of methoxy groups -OCH3 is 1. The molecule has 1 saturated heterocycles. The molecule has 2 fully saturated rings. The average molecular weight is 422 g/mol. The first-order valence-electron chi connectivity index (χ1n) is 9.49. The number of hydrogen-bond acceptors (Lipinski definition) is 4. The van der Waals surface area contributed by atoms with Gasteiger partial charge in [0, 0.05) is 12.1 Å². The van der Waals surface area contributed by atoms with Crippen LogP contribution in [0.1, 0.15) is 48.0 Å². The Balaban J connectivity index is 1.90. The highest BCUT2D eigenvalue weighted by Gasteiger charge is 2.37. The van der Waals surface area contributed by atoms with Gasteiger partial charge in [0.05, 0.1) is 12.7 Å². The highest BCUT2D eigenvalue weighted by atomic mass is 19.4. The van der Waals surface area contributed by atoms with E-state index in [4.69, 9.17) is 4.74 Å². The lowest BCUT2D eigenvalue weighted by atomic mass is 10.1. The minimum atomic E-state index is -4.81. The molecule has 5 nitrogen and oxygen atoms in total. The van der Waals surface area contributed by atoms with Crippen LogP contribution in [0, 0.1) is 0 Å². The molecule has 1 aliphatic heterocycles. The Morgan fingerprint density at radius 2 is 1.79 bits per heavy atom. The van der Waals surface area contributed by atoms with Crippen LogP contribution in [0.3, 0.4) is 0 Å². The number of hydrogen-bond donors (Lipinski definition) is 1. The summed E-state index contributed by atoms with van der Waals surface area (Å²) in [5.41, 5.74) is -1.70. The summed E-state index contributed by atoms with van der Waals surface area (Å²) in [5.74, 6) is -2.12. The zero-order valence-electron chi connectivity index (χ0n) is 15.9. The summed E-state index contributed by atoms with van der Waals surface area (Å²) in [4.78, 5) is 15.2. The fourth-order valence-corrected chi connectivity index (χ4v) is 4.19. The maximum atomic E-state index is 13.1. The summed E-state index contributed by atoms with van der Waals surface area (Å²) in [5, 5.41) is 2.80. The second-order valence-electron chi connectivity index (χ2n) is 7.25. The maximum absolute atomic E-state index is 13.1. The molecule has 2 aliphatic rings. The summed E-state index contributed by atoms with van der Waals surface area (Å²) in [7, 11) is 1.07. The number of carbonyl (C=O) groups is 1. The molecule has 1 aromatic rings. The highest BCUT2D eigenvalue weighted by molar-refractivity contribution is 6.00. The summed E-state index contributed by atoms with van der Waals surface area (Å²) < 4.78 is 74.1. The Morgan fingerprint density at radius 3 is 2.38 bits per heavy atom. The standard InChI is InChI=1S/C19H23F5N2O3/c1-28-14-9-11(19(22,23)24)10-15(29-18(20)21)16(14)17(27)25-12-5-4-6-13(12)26-7-2-3-8-26/h9-10,12-13,18H,2-8H2,1H3,(H,25,27)/t12-,13+/m1/s1. The zero-order chi connectivity index (χ0) is 21.2. The molecule has 0 radical (unpaired) electrons. The fraction of sp³-hybridized carbons (Fsp3) is 0.632. The number of carbonyl (C=O) groups excluding carboxylic acids is 1. The van der Waals surface area contributed by atoms with E-state index in [0.717, 1.165) is 45.9 Å². The van der Waals surface area contributed by atoms with Gasteiger partial charge in [0.25, 0.3) is 5.91 Å². The number of ether oxygens (including phenoxy) is 2. The van der Waals surface area contributed by atoms with E-state index in [9.17, 15) is 26.7 Å². The molecule has 1 aliphatic carbocycles. The Morgan fingerprint density at radius 1 is 1.14 bits per heavy atom. The third-order valence-corrected chi connectivity index (χ3v) is 5.46. The van der Waals surface area contributed by atoms with Gasteiger partial charge >= 0.3 is 12.8 Å². The van der Waals surface area contributed by atoms with Gasteiger partial charge in [0.15, 0.2) is 0 Å². The van der Waals surface area contributed by atoms with Crippen LogP contribution in [0.25, 0.3) is 0 Å². The van der Waals surface area contributed by atoms with E-state index in [1.165, 1.54) is 0 Å². The van der Waals surface area contributed by atoms with Crippen LogP contribution in [0.2, 0.25) is 0 Å². The van der Waals surface area contributed by atoms with Crippen LogP contribution < -0.4 is 14.8 Å². The quantitative estimate of drug-likeness (QED) is 0.703. The van der Waals surface area contributed by atoms with Crippen molar-refractivity contribution < 1.29 is 36.2 Å². The number of benzene rings is 1. The fourth-order valence-electron chi connectivity index (χ4n) is 4.19. The topological polar surface area (TPSA) is 50.8 Å². The predicted octanol–water partition coefficient (Wildman–Crippen LogP) is 4.06. The van der Waals surface area contributed by atoms with Crippen molar-refractivity contribution in [2.24, 2.45) is 0 Å². The van der Waals surface area contributed by atoms with Crippen LogP contribution in [0.5, 0.6) is 11.5 Å². The molecule has 2 atom stereocenters. The van der Waals surface area contributed by atoms with Crippen LogP contribution >= 0.6 is 0 Å². The van der Waals surface area contributed by atoms with Gasteiger partial charge in [-0.05, 0) is 57.3 Å². The molecule has 162 valence electrons. The predicted molar refractivity (Wildman–Crippen MR) is 94.3 cm³/mol. The van der Waals surface area contributed by atoms with Crippen LogP contribution in [-0.2, 0) is 6.18 Å². The molecular weight excluding hydrogens is 399 g/mol. The summed E-state index contributed by atoms with van der Waals surface area (Å²) >= 11 is 0. The summed E-state index contributed by atoms with van der Waals surface area (Å²) in [6, 6.07) is 0.920. The number of nitrogens with zero attached hydrogens (tertiary/aromatic N) is 1. The number of nitrogens with one attached hydrogen (secondary N) is 1. The second kappa shape index (κ2) is 8.73. The van der Waals surface area contributed by atoms with Gasteiger partial charge in [0.2, 0.25) is 0 Å². The molecule has 1 N–H and O–H groups in total. The SMILES string of the molecule is COc1cc(C(F)(F)F)cc(OC(F)F)c1C(=O)N[C@@H]1CCC[C@@H]1N1CCCC1. The molecule has 10 heteroatoms. The van der Waals surface area contributed by atoms with Crippen LogP contribution in [0.4, 0.5) is 22.0 Å². The molecule has 1 saturated carbocycles. The van der Waals surface area contributed by atoms with Crippen LogP contribution in [0.15, 0.2) is 12.1 Å². The van der Waals surface area contributed by atoms with E-state index >= 15 is 0 Å². The van der Waals surface area contributed by atoms with E-state index < -0.39 is 41.3 Å². The van der Waals surface area contributed by atoms with E-state index in [2.05, 4.69) is 15.0 Å². The first-order valence-corrected chi connectivity index (χ1v) is 9.49. The molecule has 0 spiro atoms. The third kappa shape index (κ3) is 4.91. The molecule has 1 heterocycles. The van der Waals surface area contributed by atoms with Crippen molar-refractivity contribution in [2.75, 3.05) is 20.2 Å². The molecule has 0 bridgehead atoms. The lowest BCUT2D eigenvalue weighted by Crippen LogP contribution is -2.47. The number of halogens is 5. The molecule has 0 unspecified atom stereocenters. The summed E-state index contributed by atoms with van der Waals surface area (Å²) in [6.45, 7) is -1.53. The Bertz CT molecular complexity index is 735. The third-order valence-electron chi connectivity index (χ3n) is 5.46. The van der Waals surface area contributed by atoms with Crippen molar-refractivity contribution in [2.45, 2.75) is 57.0 Å². The molecule has 3 rings (SSSR count). The van der Waals surface area contributed by atoms with Crippen molar-refractivity contribution in [3.05, 3.63) is 23.3 Å². The second-order valence-corrected chi connectivity index (χ2v) is 7.25. The van der Waals surface area contributed by atoms with E-state index in [1.54, 1.807) is 0 Å². The molecule has 1 aromatic carbocycles. The normalized spacial score (nSPS) is 22.9. The van der Waals surface area contributed by atoms with Crippen molar-refractivity contribution >= 4 is 5.91 Å². The van der Waals surface area contributed by atoms with Crippen molar-refractivity contribution in [1.29, 1.82) is 0 Å². The Labute approximate surface area is 165 Å². The first-order chi connectivity index (χ1) is 13.7. The van der Waals surface area contributed by atoms with Gasteiger partial charge in [-0.1, -0.05) is 0 Å². The monoisotopic (exact) mass is 422 g/mol. The molecule has 0 aromatic heterocycles. The largest absolute Gasteiger partial charge is 0.496 e. The smallest absolute Gasteiger partial charge is 0.416 e. The number of amides is 1. The first kappa shape index (κ1) is 21.6. The average Bonchev–Trinajstić information content (AvgIpc) is 3.30. The number of rotatable bonds is 6. The van der Waals surface area contributed by atoms with Crippen molar-refractivity contribution in [1.82, 2.24) is 10.2 Å². The van der Waals surface area contributed by atoms with Crippen molar-refractivity contribution in [3.63, 3.8) is 0 Å². The number of alkyl halides is 5. The minimum absolute atomic E-state index is 0.126. The summed E-state index contributed by atoms with van der Waals surface area (Å²) in [6.07, 6.45) is -0.144. The van der Waals surface area contributed by atoms with Gasteiger partial charge in [0.1, 0.15) is 17.1 Å². The van der Waals surface area contributed by atoms with E-state index in [1.807, 2.05) is 0 Å².